The monoisotopic (exact) mass is 598 g/mol. The molecular formula is C24H47IO5Si2. The SMILES string of the molecule is CCOC(=O)CC(=O)C[C@@H](C[C@@H](C/C=C/I)O[Si](C)(C)C(C)(C)C)O[Si](C)(C)C(C)(C)C. The zero-order chi connectivity index (χ0) is 25.4. The Bertz CT molecular complexity index is 633. The van der Waals surface area contributed by atoms with Crippen LogP contribution in [0.25, 0.3) is 0 Å². The van der Waals surface area contributed by atoms with Crippen molar-refractivity contribution in [2.24, 2.45) is 0 Å². The largest absolute Gasteiger partial charge is 0.466 e. The Morgan fingerprint density at radius 2 is 1.38 bits per heavy atom. The standard InChI is InChI=1S/C24H47IO5Si2/c1-12-28-22(27)17-19(26)16-21(30-32(10,11)24(5,6)7)18-20(14-13-15-25)29-31(8,9)23(2,3)4/h13,15,20-21H,12,14,16-18H2,1-11H3/b15-13+/t20-,21+/m1/s1. The van der Waals surface area contributed by atoms with Crippen molar-refractivity contribution < 1.29 is 23.2 Å². The first-order chi connectivity index (χ1) is 14.4. The van der Waals surface area contributed by atoms with Crippen LogP contribution in [-0.4, -0.2) is 47.2 Å². The summed E-state index contributed by atoms with van der Waals surface area (Å²) < 4.78 is 20.4. The van der Waals surface area contributed by atoms with Gasteiger partial charge in [-0.3, -0.25) is 9.59 Å². The topological polar surface area (TPSA) is 61.8 Å². The van der Waals surface area contributed by atoms with E-state index in [0.29, 0.717) is 6.42 Å². The maximum Gasteiger partial charge on any atom is 0.313 e. The molecule has 0 bridgehead atoms. The van der Waals surface area contributed by atoms with E-state index in [2.05, 4.69) is 96.4 Å². The number of hydrogen-bond acceptors (Lipinski definition) is 5. The summed E-state index contributed by atoms with van der Waals surface area (Å²) >= 11 is 2.23. The minimum Gasteiger partial charge on any atom is -0.466 e. The van der Waals surface area contributed by atoms with Crippen molar-refractivity contribution in [3.63, 3.8) is 0 Å². The lowest BCUT2D eigenvalue weighted by molar-refractivity contribution is -0.145. The lowest BCUT2D eigenvalue weighted by atomic mass is 10.0. The van der Waals surface area contributed by atoms with Gasteiger partial charge in [0.1, 0.15) is 12.2 Å². The quantitative estimate of drug-likeness (QED) is 0.0957. The van der Waals surface area contributed by atoms with Gasteiger partial charge in [-0.2, -0.15) is 0 Å². The highest BCUT2D eigenvalue weighted by Crippen LogP contribution is 2.40. The molecule has 0 fully saturated rings. The van der Waals surface area contributed by atoms with Crippen molar-refractivity contribution in [3.8, 4) is 0 Å². The number of esters is 1. The third-order valence-electron chi connectivity index (χ3n) is 6.65. The van der Waals surface area contributed by atoms with Crippen LogP contribution in [0.3, 0.4) is 0 Å². The van der Waals surface area contributed by atoms with Crippen molar-refractivity contribution in [1.82, 2.24) is 0 Å². The lowest BCUT2D eigenvalue weighted by Gasteiger charge is -2.42. The fourth-order valence-electron chi connectivity index (χ4n) is 2.75. The summed E-state index contributed by atoms with van der Waals surface area (Å²) in [5.74, 6) is -0.604. The molecule has 0 aromatic carbocycles. The predicted octanol–water partition coefficient (Wildman–Crippen LogP) is 7.41. The Kier molecular flexibility index (Phi) is 13.1. The Hall–Kier alpha value is -0.0362. The highest BCUT2D eigenvalue weighted by Gasteiger charge is 2.42. The molecule has 32 heavy (non-hydrogen) atoms. The fraction of sp³-hybridized carbons (Fsp3) is 0.833. The molecule has 188 valence electrons. The van der Waals surface area contributed by atoms with Gasteiger partial charge in [-0.25, -0.2) is 0 Å². The summed E-state index contributed by atoms with van der Waals surface area (Å²) in [6.45, 7) is 24.2. The summed E-state index contributed by atoms with van der Waals surface area (Å²) in [7, 11) is -4.11. The normalized spacial score (nSPS) is 15.6. The Morgan fingerprint density at radius 1 is 0.906 bits per heavy atom. The van der Waals surface area contributed by atoms with Crippen LogP contribution in [0.15, 0.2) is 10.2 Å². The first-order valence-electron chi connectivity index (χ1n) is 11.6. The van der Waals surface area contributed by atoms with Crippen LogP contribution < -0.4 is 0 Å². The smallest absolute Gasteiger partial charge is 0.313 e. The van der Waals surface area contributed by atoms with E-state index >= 15 is 0 Å². The van der Waals surface area contributed by atoms with E-state index in [4.69, 9.17) is 13.6 Å². The van der Waals surface area contributed by atoms with Gasteiger partial charge in [0.2, 0.25) is 0 Å². The molecule has 0 N–H and O–H groups in total. The van der Waals surface area contributed by atoms with E-state index in [-0.39, 0.29) is 47.5 Å². The zero-order valence-electron chi connectivity index (χ0n) is 22.3. The summed E-state index contributed by atoms with van der Waals surface area (Å²) in [6, 6.07) is 0. The Balaban J connectivity index is 5.74. The van der Waals surface area contributed by atoms with Gasteiger partial charge in [-0.05, 0) is 60.1 Å². The van der Waals surface area contributed by atoms with Gasteiger partial charge in [0, 0.05) is 6.42 Å². The Morgan fingerprint density at radius 3 is 1.78 bits per heavy atom. The van der Waals surface area contributed by atoms with Crippen molar-refractivity contribution in [2.45, 2.75) is 123 Å². The molecular weight excluding hydrogens is 551 g/mol. The molecule has 0 rings (SSSR count). The van der Waals surface area contributed by atoms with E-state index in [1.807, 2.05) is 4.08 Å². The number of halogens is 1. The molecule has 0 saturated carbocycles. The average Bonchev–Trinajstić information content (AvgIpc) is 2.56. The molecule has 0 unspecified atom stereocenters. The van der Waals surface area contributed by atoms with E-state index in [9.17, 15) is 9.59 Å². The molecule has 0 aliphatic heterocycles. The molecule has 0 spiro atoms. The average molecular weight is 599 g/mol. The number of carbonyl (C=O) groups excluding carboxylic acids is 2. The van der Waals surface area contributed by atoms with Crippen molar-refractivity contribution in [1.29, 1.82) is 0 Å². The maximum absolute atomic E-state index is 12.7. The Labute approximate surface area is 212 Å². The number of hydrogen-bond donors (Lipinski definition) is 0. The maximum atomic E-state index is 12.7. The van der Waals surface area contributed by atoms with Crippen molar-refractivity contribution >= 4 is 51.0 Å². The highest BCUT2D eigenvalue weighted by atomic mass is 127. The molecule has 0 aliphatic rings. The molecule has 0 radical (unpaired) electrons. The highest BCUT2D eigenvalue weighted by molar-refractivity contribution is 14.1. The molecule has 8 heteroatoms. The summed E-state index contributed by atoms with van der Waals surface area (Å²) in [5.41, 5.74) is 0. The minimum absolute atomic E-state index is 0.0212. The molecule has 0 heterocycles. The number of ether oxygens (including phenoxy) is 1. The molecule has 0 saturated heterocycles. The van der Waals surface area contributed by atoms with Gasteiger partial charge in [-0.1, -0.05) is 70.2 Å². The van der Waals surface area contributed by atoms with Gasteiger partial charge in [-0.15, -0.1) is 0 Å². The van der Waals surface area contributed by atoms with Crippen LogP contribution >= 0.6 is 22.6 Å². The number of Topliss-reactive ketones (excluding diaryl/α,β-unsaturated/α-hetero) is 1. The molecule has 0 aromatic heterocycles. The van der Waals surface area contributed by atoms with E-state index in [1.165, 1.54) is 0 Å². The molecule has 0 amide bonds. The van der Waals surface area contributed by atoms with E-state index < -0.39 is 22.6 Å². The second kappa shape index (κ2) is 13.2. The number of carbonyl (C=O) groups is 2. The number of ketones is 1. The number of rotatable bonds is 13. The van der Waals surface area contributed by atoms with Crippen LogP contribution in [-0.2, 0) is 23.2 Å². The van der Waals surface area contributed by atoms with Crippen LogP contribution in [0.1, 0.15) is 74.1 Å². The summed E-state index contributed by atoms with van der Waals surface area (Å²) in [4.78, 5) is 24.5. The van der Waals surface area contributed by atoms with Gasteiger partial charge < -0.3 is 13.6 Å². The predicted molar refractivity (Wildman–Crippen MR) is 147 cm³/mol. The van der Waals surface area contributed by atoms with Crippen LogP contribution in [0.2, 0.25) is 36.3 Å². The van der Waals surface area contributed by atoms with Crippen LogP contribution in [0.4, 0.5) is 0 Å². The van der Waals surface area contributed by atoms with Crippen molar-refractivity contribution in [3.05, 3.63) is 10.2 Å². The molecule has 5 nitrogen and oxygen atoms in total. The summed E-state index contributed by atoms with van der Waals surface area (Å²) in [6.07, 6.45) is 3.21. The lowest BCUT2D eigenvalue weighted by Crippen LogP contribution is -2.47. The van der Waals surface area contributed by atoms with E-state index in [1.54, 1.807) is 6.92 Å². The second-order valence-electron chi connectivity index (χ2n) is 11.6. The van der Waals surface area contributed by atoms with Crippen molar-refractivity contribution in [2.75, 3.05) is 6.61 Å². The molecule has 0 aliphatic carbocycles. The van der Waals surface area contributed by atoms with Gasteiger partial charge >= 0.3 is 5.97 Å². The second-order valence-corrected chi connectivity index (χ2v) is 21.8. The third-order valence-corrected chi connectivity index (χ3v) is 16.2. The first-order valence-corrected chi connectivity index (χ1v) is 18.7. The minimum atomic E-state index is -2.12. The zero-order valence-corrected chi connectivity index (χ0v) is 26.4. The van der Waals surface area contributed by atoms with E-state index in [0.717, 1.165) is 6.42 Å². The van der Waals surface area contributed by atoms with Gasteiger partial charge in [0.05, 0.1) is 18.8 Å². The first kappa shape index (κ1) is 32.0. The van der Waals surface area contributed by atoms with Crippen LogP contribution in [0, 0.1) is 0 Å². The summed E-state index contributed by atoms with van der Waals surface area (Å²) in [5, 5.41) is 0.113. The fourth-order valence-corrected chi connectivity index (χ4v) is 5.79. The van der Waals surface area contributed by atoms with Crippen LogP contribution in [0.5, 0.6) is 0 Å². The van der Waals surface area contributed by atoms with Gasteiger partial charge in [0.25, 0.3) is 0 Å². The third kappa shape index (κ3) is 11.4. The van der Waals surface area contributed by atoms with Gasteiger partial charge in [0.15, 0.2) is 16.6 Å². The molecule has 0 aromatic rings. The molecule has 2 atom stereocenters.